The average molecular weight is 399 g/mol. The van der Waals surface area contributed by atoms with Crippen molar-refractivity contribution in [2.75, 3.05) is 44.9 Å². The Labute approximate surface area is 159 Å². The summed E-state index contributed by atoms with van der Waals surface area (Å²) in [5, 5.41) is 0.197. The molecule has 0 aromatic carbocycles. The number of carbonyl (C=O) groups is 2. The van der Waals surface area contributed by atoms with Gasteiger partial charge in [-0.3, -0.25) is 9.59 Å². The van der Waals surface area contributed by atoms with Crippen molar-refractivity contribution in [3.8, 4) is 0 Å². The second kappa shape index (κ2) is 8.15. The van der Waals surface area contributed by atoms with Crippen LogP contribution in [0.25, 0.3) is 10.2 Å². The van der Waals surface area contributed by atoms with Crippen LogP contribution in [0.15, 0.2) is 6.07 Å². The minimum absolute atomic E-state index is 0.197. The highest BCUT2D eigenvalue weighted by Gasteiger charge is 2.20. The molecule has 8 nitrogen and oxygen atoms in total. The van der Waals surface area contributed by atoms with Crippen LogP contribution in [0, 0.1) is 0 Å². The summed E-state index contributed by atoms with van der Waals surface area (Å²) < 4.78 is 11.1. The predicted octanol–water partition coefficient (Wildman–Crippen LogP) is 1.70. The number of ether oxygens (including phenoxy) is 2. The van der Waals surface area contributed by atoms with E-state index in [1.807, 2.05) is 6.07 Å². The standard InChI is InChI=1S/C16H19ClN4O4S/c1-10(22)25-9-13(23)20(2)8-11-7-12-14(26-11)15(19-16(17)18-12)21-3-5-24-6-4-21/h7H,3-6,8-9H2,1-2H3. The lowest BCUT2D eigenvalue weighted by Crippen LogP contribution is -2.36. The predicted molar refractivity (Wildman–Crippen MR) is 98.6 cm³/mol. The highest BCUT2D eigenvalue weighted by molar-refractivity contribution is 7.19. The zero-order valence-electron chi connectivity index (χ0n) is 14.5. The summed E-state index contributed by atoms with van der Waals surface area (Å²) >= 11 is 7.62. The zero-order valence-corrected chi connectivity index (χ0v) is 16.1. The molecular formula is C16H19ClN4O4S. The van der Waals surface area contributed by atoms with Crippen LogP contribution >= 0.6 is 22.9 Å². The summed E-state index contributed by atoms with van der Waals surface area (Å²) in [6.45, 7) is 4.19. The number of esters is 1. The molecule has 140 valence electrons. The van der Waals surface area contributed by atoms with Gasteiger partial charge in [0.25, 0.3) is 5.91 Å². The third kappa shape index (κ3) is 4.40. The van der Waals surface area contributed by atoms with Gasteiger partial charge in [-0.1, -0.05) is 0 Å². The molecule has 0 N–H and O–H groups in total. The normalized spacial score (nSPS) is 14.5. The lowest BCUT2D eigenvalue weighted by Gasteiger charge is -2.28. The molecule has 3 rings (SSSR count). The molecule has 2 aromatic heterocycles. The van der Waals surface area contributed by atoms with E-state index in [1.54, 1.807) is 7.05 Å². The molecule has 3 heterocycles. The molecule has 10 heteroatoms. The Balaban J connectivity index is 1.80. The van der Waals surface area contributed by atoms with E-state index in [2.05, 4.69) is 14.9 Å². The van der Waals surface area contributed by atoms with Crippen LogP contribution in [0.4, 0.5) is 5.82 Å². The van der Waals surface area contributed by atoms with Gasteiger partial charge in [-0.15, -0.1) is 11.3 Å². The van der Waals surface area contributed by atoms with E-state index in [0.29, 0.717) is 19.8 Å². The average Bonchev–Trinajstić information content (AvgIpc) is 3.01. The molecule has 1 amide bonds. The fourth-order valence-corrected chi connectivity index (χ4v) is 3.94. The number of hydrogen-bond donors (Lipinski definition) is 0. The molecule has 0 atom stereocenters. The summed E-state index contributed by atoms with van der Waals surface area (Å²) in [4.78, 5) is 36.1. The lowest BCUT2D eigenvalue weighted by molar-refractivity contribution is -0.149. The second-order valence-electron chi connectivity index (χ2n) is 5.87. The molecule has 1 fully saturated rings. The Morgan fingerprint density at radius 1 is 1.38 bits per heavy atom. The Bertz CT molecular complexity index is 822. The van der Waals surface area contributed by atoms with Crippen LogP contribution in [-0.4, -0.2) is 66.7 Å². The van der Waals surface area contributed by atoms with E-state index in [9.17, 15) is 9.59 Å². The van der Waals surface area contributed by atoms with Crippen LogP contribution in [-0.2, 0) is 25.6 Å². The van der Waals surface area contributed by atoms with Gasteiger partial charge >= 0.3 is 5.97 Å². The molecule has 0 saturated carbocycles. The number of rotatable bonds is 5. The second-order valence-corrected chi connectivity index (χ2v) is 7.35. The fourth-order valence-electron chi connectivity index (χ4n) is 2.60. The summed E-state index contributed by atoms with van der Waals surface area (Å²) in [7, 11) is 1.66. The van der Waals surface area contributed by atoms with Crippen molar-refractivity contribution >= 4 is 50.8 Å². The van der Waals surface area contributed by atoms with E-state index in [-0.39, 0.29) is 17.8 Å². The molecule has 0 bridgehead atoms. The first kappa shape index (κ1) is 18.8. The van der Waals surface area contributed by atoms with Crippen LogP contribution in [0.3, 0.4) is 0 Å². The van der Waals surface area contributed by atoms with E-state index in [0.717, 1.165) is 34.0 Å². The van der Waals surface area contributed by atoms with Gasteiger partial charge in [-0.05, 0) is 17.7 Å². The molecule has 26 heavy (non-hydrogen) atoms. The number of thiophene rings is 1. The SMILES string of the molecule is CC(=O)OCC(=O)N(C)Cc1cc2nc(Cl)nc(N3CCOCC3)c2s1. The van der Waals surface area contributed by atoms with E-state index in [1.165, 1.54) is 23.2 Å². The van der Waals surface area contributed by atoms with Crippen molar-refractivity contribution in [1.82, 2.24) is 14.9 Å². The number of hydrogen-bond acceptors (Lipinski definition) is 8. The molecule has 0 spiro atoms. The number of likely N-dealkylation sites (N-methyl/N-ethyl adjacent to an activating group) is 1. The number of anilines is 1. The summed E-state index contributed by atoms with van der Waals surface area (Å²) in [6.07, 6.45) is 0. The molecule has 1 aliphatic rings. The number of fused-ring (bicyclic) bond motifs is 1. The first-order valence-corrected chi connectivity index (χ1v) is 9.29. The minimum Gasteiger partial charge on any atom is -0.456 e. The van der Waals surface area contributed by atoms with Gasteiger partial charge in [-0.2, -0.15) is 4.98 Å². The van der Waals surface area contributed by atoms with E-state index < -0.39 is 5.97 Å². The Hall–Kier alpha value is -1.97. The van der Waals surface area contributed by atoms with E-state index in [4.69, 9.17) is 21.1 Å². The zero-order chi connectivity index (χ0) is 18.7. The van der Waals surface area contributed by atoms with Gasteiger partial charge < -0.3 is 19.3 Å². The lowest BCUT2D eigenvalue weighted by atomic mass is 10.3. The fraction of sp³-hybridized carbons (Fsp3) is 0.500. The maximum absolute atomic E-state index is 12.0. The monoisotopic (exact) mass is 398 g/mol. The highest BCUT2D eigenvalue weighted by atomic mass is 35.5. The number of carbonyl (C=O) groups excluding carboxylic acids is 2. The number of halogens is 1. The largest absolute Gasteiger partial charge is 0.456 e. The smallest absolute Gasteiger partial charge is 0.303 e. The summed E-state index contributed by atoms with van der Waals surface area (Å²) in [5.74, 6) is 0.0531. The molecule has 0 radical (unpaired) electrons. The Morgan fingerprint density at radius 2 is 2.12 bits per heavy atom. The molecule has 0 unspecified atom stereocenters. The summed E-state index contributed by atoms with van der Waals surface area (Å²) in [6, 6.07) is 1.91. The van der Waals surface area contributed by atoms with Crippen LogP contribution in [0.2, 0.25) is 5.28 Å². The number of aromatic nitrogens is 2. The molecular weight excluding hydrogens is 380 g/mol. The third-order valence-electron chi connectivity index (χ3n) is 3.91. The van der Waals surface area contributed by atoms with E-state index >= 15 is 0 Å². The molecule has 0 aliphatic carbocycles. The minimum atomic E-state index is -0.478. The number of morpholine rings is 1. The van der Waals surface area contributed by atoms with Crippen LogP contribution in [0.5, 0.6) is 0 Å². The quantitative estimate of drug-likeness (QED) is 0.559. The first-order valence-electron chi connectivity index (χ1n) is 8.10. The third-order valence-corrected chi connectivity index (χ3v) is 5.18. The van der Waals surface area contributed by atoms with Gasteiger partial charge in [0.2, 0.25) is 5.28 Å². The first-order chi connectivity index (χ1) is 12.4. The number of nitrogens with zero attached hydrogens (tertiary/aromatic N) is 4. The van der Waals surface area contributed by atoms with Crippen molar-refractivity contribution < 1.29 is 19.1 Å². The van der Waals surface area contributed by atoms with Gasteiger partial charge in [0.1, 0.15) is 0 Å². The van der Waals surface area contributed by atoms with Crippen molar-refractivity contribution in [3.05, 3.63) is 16.2 Å². The van der Waals surface area contributed by atoms with Crippen molar-refractivity contribution in [3.63, 3.8) is 0 Å². The topological polar surface area (TPSA) is 84.9 Å². The Kier molecular flexibility index (Phi) is 5.90. The van der Waals surface area contributed by atoms with Gasteiger partial charge in [0.15, 0.2) is 12.4 Å². The maximum atomic E-state index is 12.0. The van der Waals surface area contributed by atoms with Gasteiger partial charge in [0, 0.05) is 31.9 Å². The van der Waals surface area contributed by atoms with Crippen molar-refractivity contribution in [2.45, 2.75) is 13.5 Å². The molecule has 2 aromatic rings. The van der Waals surface area contributed by atoms with Crippen LogP contribution < -0.4 is 4.90 Å². The molecule has 1 aliphatic heterocycles. The highest BCUT2D eigenvalue weighted by Crippen LogP contribution is 2.33. The van der Waals surface area contributed by atoms with Gasteiger partial charge in [-0.25, -0.2) is 4.98 Å². The maximum Gasteiger partial charge on any atom is 0.303 e. The van der Waals surface area contributed by atoms with Crippen molar-refractivity contribution in [2.24, 2.45) is 0 Å². The van der Waals surface area contributed by atoms with Crippen molar-refractivity contribution in [1.29, 1.82) is 0 Å². The number of amides is 1. The molecule has 1 saturated heterocycles. The van der Waals surface area contributed by atoms with Crippen LogP contribution in [0.1, 0.15) is 11.8 Å². The van der Waals surface area contributed by atoms with Gasteiger partial charge in [0.05, 0.1) is 30.0 Å². The summed E-state index contributed by atoms with van der Waals surface area (Å²) in [5.41, 5.74) is 0.757. The Morgan fingerprint density at radius 3 is 2.81 bits per heavy atom.